The second-order valence-corrected chi connectivity index (χ2v) is 4.78. The van der Waals surface area contributed by atoms with Crippen LogP contribution in [0.2, 0.25) is 0 Å². The number of hydrogen-bond donors (Lipinski definition) is 0. The van der Waals surface area contributed by atoms with Crippen LogP contribution in [0.1, 0.15) is 59.8 Å². The number of hydrogen-bond acceptors (Lipinski definition) is 0. The molecule has 80 valence electrons. The predicted octanol–water partition coefficient (Wildman–Crippen LogP) is 4.86. The largest absolute Gasteiger partial charge is 0.123 e. The second-order valence-electron chi connectivity index (χ2n) is 4.22. The van der Waals surface area contributed by atoms with Crippen molar-refractivity contribution in [3.63, 3.8) is 0 Å². The fraction of sp³-hybridized carbons (Fsp3) is 1.00. The zero-order valence-electron chi connectivity index (χ0n) is 9.65. The lowest BCUT2D eigenvalue weighted by Gasteiger charge is -2.23. The molecule has 3 unspecified atom stereocenters. The van der Waals surface area contributed by atoms with E-state index in [1.165, 1.54) is 32.1 Å². The Morgan fingerprint density at radius 1 is 1.08 bits per heavy atom. The van der Waals surface area contributed by atoms with Crippen molar-refractivity contribution in [2.24, 2.45) is 11.8 Å². The average molecular weight is 205 g/mol. The van der Waals surface area contributed by atoms with Gasteiger partial charge in [0.25, 0.3) is 0 Å². The van der Waals surface area contributed by atoms with Crippen molar-refractivity contribution in [1.29, 1.82) is 0 Å². The van der Waals surface area contributed by atoms with Crippen LogP contribution in [0.25, 0.3) is 0 Å². The van der Waals surface area contributed by atoms with Gasteiger partial charge in [-0.25, -0.2) is 0 Å². The van der Waals surface area contributed by atoms with E-state index in [1.54, 1.807) is 0 Å². The monoisotopic (exact) mass is 204 g/mol. The minimum Gasteiger partial charge on any atom is -0.123 e. The smallest absolute Gasteiger partial charge is 0.0364 e. The van der Waals surface area contributed by atoms with Crippen LogP contribution in [0.5, 0.6) is 0 Å². The summed E-state index contributed by atoms with van der Waals surface area (Å²) in [5, 5.41) is 0.406. The minimum absolute atomic E-state index is 0.406. The van der Waals surface area contributed by atoms with Gasteiger partial charge in [0.1, 0.15) is 0 Å². The molecule has 0 aliphatic rings. The summed E-state index contributed by atoms with van der Waals surface area (Å²) in [5.41, 5.74) is 0. The fourth-order valence-corrected chi connectivity index (χ4v) is 2.26. The molecule has 0 rings (SSSR count). The third kappa shape index (κ3) is 5.57. The maximum atomic E-state index is 6.35. The molecule has 0 N–H and O–H groups in total. The molecule has 0 spiro atoms. The molecule has 0 amide bonds. The summed E-state index contributed by atoms with van der Waals surface area (Å²) in [5.74, 6) is 1.57. The van der Waals surface area contributed by atoms with Crippen molar-refractivity contribution in [3.8, 4) is 0 Å². The van der Waals surface area contributed by atoms with Gasteiger partial charge in [-0.3, -0.25) is 0 Å². The van der Waals surface area contributed by atoms with Crippen LogP contribution in [0.4, 0.5) is 0 Å². The first-order valence-corrected chi connectivity index (χ1v) is 6.23. The van der Waals surface area contributed by atoms with Crippen molar-refractivity contribution in [1.82, 2.24) is 0 Å². The lowest BCUT2D eigenvalue weighted by atomic mass is 9.88. The Bertz CT molecular complexity index is 112. The first-order valence-electron chi connectivity index (χ1n) is 5.79. The highest BCUT2D eigenvalue weighted by molar-refractivity contribution is 6.20. The molecule has 0 heterocycles. The van der Waals surface area contributed by atoms with E-state index in [4.69, 9.17) is 11.6 Å². The third-order valence-electron chi connectivity index (χ3n) is 3.00. The number of rotatable bonds is 7. The summed E-state index contributed by atoms with van der Waals surface area (Å²) in [6.45, 7) is 9.07. The summed E-state index contributed by atoms with van der Waals surface area (Å²) in [4.78, 5) is 0. The Kier molecular flexibility index (Phi) is 7.84. The van der Waals surface area contributed by atoms with Crippen LogP contribution in [-0.2, 0) is 0 Å². The Morgan fingerprint density at radius 3 is 2.08 bits per heavy atom. The normalized spacial score (nSPS) is 18.2. The van der Waals surface area contributed by atoms with Gasteiger partial charge in [-0.1, -0.05) is 47.0 Å². The van der Waals surface area contributed by atoms with Gasteiger partial charge < -0.3 is 0 Å². The van der Waals surface area contributed by atoms with Gasteiger partial charge in [0.15, 0.2) is 0 Å². The van der Waals surface area contributed by atoms with Gasteiger partial charge in [-0.15, -0.1) is 11.6 Å². The van der Waals surface area contributed by atoms with Crippen LogP contribution in [-0.4, -0.2) is 5.38 Å². The van der Waals surface area contributed by atoms with Gasteiger partial charge in [-0.2, -0.15) is 0 Å². The van der Waals surface area contributed by atoms with E-state index in [2.05, 4.69) is 27.7 Å². The number of halogens is 1. The fourth-order valence-electron chi connectivity index (χ4n) is 1.77. The standard InChI is InChI=1S/C12H25Cl/c1-5-8-12(13)11(7-3)9-10(4)6-2/h10-12H,5-9H2,1-4H3. The maximum absolute atomic E-state index is 6.35. The molecule has 1 heteroatoms. The van der Waals surface area contributed by atoms with E-state index in [0.717, 1.165) is 11.8 Å². The predicted molar refractivity (Wildman–Crippen MR) is 62.4 cm³/mol. The van der Waals surface area contributed by atoms with Gasteiger partial charge in [0, 0.05) is 5.38 Å². The molecule has 0 nitrogen and oxygen atoms in total. The Labute approximate surface area is 89.1 Å². The summed E-state index contributed by atoms with van der Waals surface area (Å²) in [6, 6.07) is 0. The van der Waals surface area contributed by atoms with Crippen molar-refractivity contribution in [2.45, 2.75) is 65.2 Å². The molecule has 0 aromatic rings. The maximum Gasteiger partial charge on any atom is 0.0364 e. The van der Waals surface area contributed by atoms with E-state index in [-0.39, 0.29) is 0 Å². The van der Waals surface area contributed by atoms with Crippen molar-refractivity contribution in [3.05, 3.63) is 0 Å². The molecule has 0 aromatic carbocycles. The average Bonchev–Trinajstić information content (AvgIpc) is 2.14. The van der Waals surface area contributed by atoms with Crippen LogP contribution in [0.15, 0.2) is 0 Å². The van der Waals surface area contributed by atoms with E-state index < -0.39 is 0 Å². The van der Waals surface area contributed by atoms with Crippen LogP contribution >= 0.6 is 11.6 Å². The van der Waals surface area contributed by atoms with E-state index in [9.17, 15) is 0 Å². The first-order chi connectivity index (χ1) is 6.15. The molecule has 3 atom stereocenters. The van der Waals surface area contributed by atoms with Gasteiger partial charge in [0.2, 0.25) is 0 Å². The first kappa shape index (κ1) is 13.3. The molecule has 0 bridgehead atoms. The Hall–Kier alpha value is 0.290. The molecule has 0 radical (unpaired) electrons. The zero-order chi connectivity index (χ0) is 10.3. The molecule has 0 saturated heterocycles. The quantitative estimate of drug-likeness (QED) is 0.520. The van der Waals surface area contributed by atoms with Crippen LogP contribution < -0.4 is 0 Å². The van der Waals surface area contributed by atoms with Gasteiger partial charge in [0.05, 0.1) is 0 Å². The van der Waals surface area contributed by atoms with Crippen molar-refractivity contribution >= 4 is 11.6 Å². The molecule has 13 heavy (non-hydrogen) atoms. The van der Waals surface area contributed by atoms with E-state index in [1.807, 2.05) is 0 Å². The SMILES string of the molecule is CCCC(Cl)C(CC)CC(C)CC. The van der Waals surface area contributed by atoms with Gasteiger partial charge in [-0.05, 0) is 24.7 Å². The Balaban J connectivity index is 3.86. The zero-order valence-corrected chi connectivity index (χ0v) is 10.4. The summed E-state index contributed by atoms with van der Waals surface area (Å²) >= 11 is 6.35. The van der Waals surface area contributed by atoms with Crippen molar-refractivity contribution in [2.75, 3.05) is 0 Å². The lowest BCUT2D eigenvalue weighted by molar-refractivity contribution is 0.351. The van der Waals surface area contributed by atoms with Gasteiger partial charge >= 0.3 is 0 Å². The highest BCUT2D eigenvalue weighted by atomic mass is 35.5. The topological polar surface area (TPSA) is 0 Å². The highest BCUT2D eigenvalue weighted by Crippen LogP contribution is 2.27. The molecule has 0 aliphatic heterocycles. The summed E-state index contributed by atoms with van der Waals surface area (Å²) < 4.78 is 0. The third-order valence-corrected chi connectivity index (χ3v) is 3.58. The molecular formula is C12H25Cl. The summed E-state index contributed by atoms with van der Waals surface area (Å²) in [7, 11) is 0. The summed E-state index contributed by atoms with van der Waals surface area (Å²) in [6.07, 6.45) is 6.22. The Morgan fingerprint density at radius 2 is 1.69 bits per heavy atom. The van der Waals surface area contributed by atoms with Crippen molar-refractivity contribution < 1.29 is 0 Å². The molecule has 0 saturated carbocycles. The molecule has 0 aromatic heterocycles. The highest BCUT2D eigenvalue weighted by Gasteiger charge is 2.18. The number of alkyl halides is 1. The van der Waals surface area contributed by atoms with E-state index in [0.29, 0.717) is 5.38 Å². The second kappa shape index (κ2) is 7.67. The molecule has 0 fully saturated rings. The minimum atomic E-state index is 0.406. The molecule has 0 aliphatic carbocycles. The lowest BCUT2D eigenvalue weighted by Crippen LogP contribution is -2.16. The van der Waals surface area contributed by atoms with E-state index >= 15 is 0 Å². The molecular weight excluding hydrogens is 180 g/mol. The van der Waals surface area contributed by atoms with Crippen LogP contribution in [0, 0.1) is 11.8 Å². The van der Waals surface area contributed by atoms with Crippen LogP contribution in [0.3, 0.4) is 0 Å².